The van der Waals surface area contributed by atoms with Crippen LogP contribution in [0.1, 0.15) is 59.3 Å². The summed E-state index contributed by atoms with van der Waals surface area (Å²) >= 11 is 0. The number of nitrogens with two attached hydrogens (primary N) is 1. The highest BCUT2D eigenvalue weighted by molar-refractivity contribution is 4.98. The summed E-state index contributed by atoms with van der Waals surface area (Å²) in [5.74, 6) is 0.782. The topological polar surface area (TPSA) is 29.3 Å². The van der Waals surface area contributed by atoms with E-state index in [1.165, 1.54) is 38.5 Å². The number of nitrogens with zero attached hydrogens (tertiary/aromatic N) is 1. The zero-order valence-corrected chi connectivity index (χ0v) is 12.1. The van der Waals surface area contributed by atoms with Gasteiger partial charge in [0.05, 0.1) is 0 Å². The molecule has 2 heteroatoms. The van der Waals surface area contributed by atoms with Gasteiger partial charge in [0.15, 0.2) is 0 Å². The molecule has 1 atom stereocenters. The largest absolute Gasteiger partial charge is 0.324 e. The highest BCUT2D eigenvalue weighted by Crippen LogP contribution is 2.40. The fourth-order valence-electron chi connectivity index (χ4n) is 3.36. The van der Waals surface area contributed by atoms with Gasteiger partial charge in [0, 0.05) is 18.1 Å². The van der Waals surface area contributed by atoms with Crippen LogP contribution in [-0.2, 0) is 0 Å². The highest BCUT2D eigenvalue weighted by Gasteiger charge is 2.40. The number of hydrogen-bond acceptors (Lipinski definition) is 2. The minimum Gasteiger partial charge on any atom is -0.324 e. The molecule has 0 aromatic rings. The smallest absolute Gasteiger partial charge is 0.0283 e. The van der Waals surface area contributed by atoms with Crippen LogP contribution in [0, 0.1) is 11.3 Å². The third-order valence-electron chi connectivity index (χ3n) is 5.03. The van der Waals surface area contributed by atoms with Crippen molar-refractivity contribution in [2.45, 2.75) is 70.9 Å². The summed E-state index contributed by atoms with van der Waals surface area (Å²) in [7, 11) is 2.27. The second-order valence-electron chi connectivity index (χ2n) is 7.59. The van der Waals surface area contributed by atoms with Crippen molar-refractivity contribution in [2.24, 2.45) is 17.1 Å². The van der Waals surface area contributed by atoms with Crippen LogP contribution in [0.4, 0.5) is 0 Å². The standard InChI is InChI=1S/C15H30N2/c1-14(2)9-7-13(8-10-14)17(4)11-15(3,16)12-5-6-12/h12-13H,5-11,16H2,1-4H3. The maximum absolute atomic E-state index is 6.44. The van der Waals surface area contributed by atoms with Gasteiger partial charge < -0.3 is 10.6 Å². The van der Waals surface area contributed by atoms with Crippen LogP contribution in [0.15, 0.2) is 0 Å². The second kappa shape index (κ2) is 4.55. The van der Waals surface area contributed by atoms with E-state index in [0.717, 1.165) is 18.5 Å². The van der Waals surface area contributed by atoms with E-state index in [4.69, 9.17) is 5.73 Å². The Morgan fingerprint density at radius 2 is 1.71 bits per heavy atom. The molecule has 2 rings (SSSR count). The minimum atomic E-state index is 0.0434. The molecule has 0 aromatic carbocycles. The molecule has 2 nitrogen and oxygen atoms in total. The fraction of sp³-hybridized carbons (Fsp3) is 1.00. The first kappa shape index (κ1) is 13.4. The van der Waals surface area contributed by atoms with Crippen molar-refractivity contribution in [3.63, 3.8) is 0 Å². The predicted molar refractivity (Wildman–Crippen MR) is 74.0 cm³/mol. The third kappa shape index (κ3) is 3.45. The Kier molecular flexibility index (Phi) is 3.57. The van der Waals surface area contributed by atoms with Gasteiger partial charge >= 0.3 is 0 Å². The monoisotopic (exact) mass is 238 g/mol. The quantitative estimate of drug-likeness (QED) is 0.816. The Morgan fingerprint density at radius 3 is 2.18 bits per heavy atom. The molecule has 0 amide bonds. The second-order valence-corrected chi connectivity index (χ2v) is 7.59. The Labute approximate surface area is 107 Å². The molecule has 0 spiro atoms. The lowest BCUT2D eigenvalue weighted by Crippen LogP contribution is -2.51. The van der Waals surface area contributed by atoms with E-state index >= 15 is 0 Å². The molecule has 100 valence electrons. The molecule has 0 aliphatic heterocycles. The lowest BCUT2D eigenvalue weighted by Gasteiger charge is -2.41. The Bertz CT molecular complexity index is 256. The first-order valence-corrected chi connectivity index (χ1v) is 7.29. The zero-order valence-electron chi connectivity index (χ0n) is 12.1. The summed E-state index contributed by atoms with van der Waals surface area (Å²) in [6, 6.07) is 0.768. The fourth-order valence-corrected chi connectivity index (χ4v) is 3.36. The van der Waals surface area contributed by atoms with E-state index in [-0.39, 0.29) is 5.54 Å². The molecular weight excluding hydrogens is 208 g/mol. The van der Waals surface area contributed by atoms with Gasteiger partial charge in [0.25, 0.3) is 0 Å². The predicted octanol–water partition coefficient (Wildman–Crippen LogP) is 3.01. The van der Waals surface area contributed by atoms with E-state index in [9.17, 15) is 0 Å². The van der Waals surface area contributed by atoms with Crippen LogP contribution in [0.2, 0.25) is 0 Å². The van der Waals surface area contributed by atoms with E-state index in [2.05, 4.69) is 32.7 Å². The van der Waals surface area contributed by atoms with Crippen molar-refractivity contribution in [1.29, 1.82) is 0 Å². The Hall–Kier alpha value is -0.0800. The molecule has 2 N–H and O–H groups in total. The maximum Gasteiger partial charge on any atom is 0.0283 e. The third-order valence-corrected chi connectivity index (χ3v) is 5.03. The Morgan fingerprint density at radius 1 is 1.18 bits per heavy atom. The van der Waals surface area contributed by atoms with Crippen LogP contribution in [0.25, 0.3) is 0 Å². The molecule has 2 aliphatic rings. The van der Waals surface area contributed by atoms with Crippen LogP contribution >= 0.6 is 0 Å². The van der Waals surface area contributed by atoms with Gasteiger partial charge in [-0.25, -0.2) is 0 Å². The van der Waals surface area contributed by atoms with Gasteiger partial charge in [-0.05, 0) is 63.8 Å². The SMILES string of the molecule is CN(CC(C)(N)C1CC1)C1CCC(C)(C)CC1. The van der Waals surface area contributed by atoms with Gasteiger partial charge in [-0.15, -0.1) is 0 Å². The van der Waals surface area contributed by atoms with E-state index < -0.39 is 0 Å². The molecule has 2 fully saturated rings. The summed E-state index contributed by atoms with van der Waals surface area (Å²) in [6.45, 7) is 8.12. The van der Waals surface area contributed by atoms with Gasteiger partial charge in [0.1, 0.15) is 0 Å². The van der Waals surface area contributed by atoms with Crippen molar-refractivity contribution in [1.82, 2.24) is 4.90 Å². The van der Waals surface area contributed by atoms with Crippen LogP contribution in [0.5, 0.6) is 0 Å². The summed E-state index contributed by atoms with van der Waals surface area (Å²) in [5, 5.41) is 0. The van der Waals surface area contributed by atoms with Crippen molar-refractivity contribution in [2.75, 3.05) is 13.6 Å². The molecule has 17 heavy (non-hydrogen) atoms. The summed E-state index contributed by atoms with van der Waals surface area (Å²) in [5.41, 5.74) is 7.05. The molecular formula is C15H30N2. The molecule has 0 radical (unpaired) electrons. The maximum atomic E-state index is 6.44. The molecule has 0 aromatic heterocycles. The molecule has 0 bridgehead atoms. The minimum absolute atomic E-state index is 0.0434. The lowest BCUT2D eigenvalue weighted by atomic mass is 9.75. The van der Waals surface area contributed by atoms with Crippen LogP contribution in [0.3, 0.4) is 0 Å². The lowest BCUT2D eigenvalue weighted by molar-refractivity contribution is 0.106. The van der Waals surface area contributed by atoms with Crippen molar-refractivity contribution in [3.05, 3.63) is 0 Å². The van der Waals surface area contributed by atoms with Crippen LogP contribution < -0.4 is 5.73 Å². The summed E-state index contributed by atoms with van der Waals surface area (Å²) in [4.78, 5) is 2.54. The van der Waals surface area contributed by atoms with E-state index in [1.54, 1.807) is 0 Å². The number of rotatable bonds is 4. The van der Waals surface area contributed by atoms with Crippen molar-refractivity contribution < 1.29 is 0 Å². The molecule has 2 aliphatic carbocycles. The van der Waals surface area contributed by atoms with Crippen molar-refractivity contribution in [3.8, 4) is 0 Å². The van der Waals surface area contributed by atoms with Crippen molar-refractivity contribution >= 4 is 0 Å². The van der Waals surface area contributed by atoms with E-state index in [0.29, 0.717) is 5.41 Å². The highest BCUT2D eigenvalue weighted by atomic mass is 15.2. The van der Waals surface area contributed by atoms with Crippen LogP contribution in [-0.4, -0.2) is 30.1 Å². The normalized spacial score (nSPS) is 29.3. The molecule has 0 saturated heterocycles. The Balaban J connectivity index is 1.82. The van der Waals surface area contributed by atoms with Gasteiger partial charge in [-0.1, -0.05) is 13.8 Å². The first-order valence-electron chi connectivity index (χ1n) is 7.29. The summed E-state index contributed by atoms with van der Waals surface area (Å²) in [6.07, 6.45) is 8.13. The average molecular weight is 238 g/mol. The van der Waals surface area contributed by atoms with E-state index in [1.807, 2.05) is 0 Å². The van der Waals surface area contributed by atoms with Gasteiger partial charge in [0.2, 0.25) is 0 Å². The number of hydrogen-bond donors (Lipinski definition) is 1. The molecule has 0 heterocycles. The molecule has 1 unspecified atom stereocenters. The molecule has 2 saturated carbocycles. The zero-order chi connectivity index (χ0) is 12.7. The van der Waals surface area contributed by atoms with Gasteiger partial charge in [-0.2, -0.15) is 0 Å². The number of likely N-dealkylation sites (N-methyl/N-ethyl adjacent to an activating group) is 1. The first-order chi connectivity index (χ1) is 7.80. The van der Waals surface area contributed by atoms with Gasteiger partial charge in [-0.3, -0.25) is 0 Å². The summed E-state index contributed by atoms with van der Waals surface area (Å²) < 4.78 is 0. The average Bonchev–Trinajstić information content (AvgIpc) is 2.99.